The van der Waals surface area contributed by atoms with Crippen molar-refractivity contribution in [3.8, 4) is 0 Å². The summed E-state index contributed by atoms with van der Waals surface area (Å²) in [6.07, 6.45) is 0. The Bertz CT molecular complexity index is 569. The van der Waals surface area contributed by atoms with E-state index in [9.17, 15) is 0 Å². The maximum absolute atomic E-state index is 4.74. The molecule has 2 N–H and O–H groups in total. The molecule has 8 heteroatoms. The number of hydrogen-bond acceptors (Lipinski definition) is 5. The summed E-state index contributed by atoms with van der Waals surface area (Å²) in [6, 6.07) is 0. The summed E-state index contributed by atoms with van der Waals surface area (Å²) in [5, 5.41) is 7.98. The van der Waals surface area contributed by atoms with Crippen molar-refractivity contribution in [2.24, 2.45) is 10.9 Å². The fourth-order valence-corrected chi connectivity index (χ4v) is 4.14. The molecule has 0 aliphatic carbocycles. The number of likely N-dealkylation sites (N-methyl/N-ethyl adjacent to an activating group) is 1. The number of nitrogens with one attached hydrogen (secondary N) is 2. The SMILES string of the molecule is CCNC(=NCc1sc(C)nc1C)NCC(C)CN1CCN(CC)CC1.I. The van der Waals surface area contributed by atoms with Crippen LogP contribution in [-0.2, 0) is 6.54 Å². The van der Waals surface area contributed by atoms with Gasteiger partial charge in [0, 0.05) is 50.7 Å². The second-order valence-corrected chi connectivity index (χ2v) is 8.45. The van der Waals surface area contributed by atoms with Crippen molar-refractivity contribution in [2.45, 2.75) is 41.2 Å². The van der Waals surface area contributed by atoms with Gasteiger partial charge >= 0.3 is 0 Å². The topological polar surface area (TPSA) is 55.8 Å². The van der Waals surface area contributed by atoms with Crippen LogP contribution in [-0.4, -0.2) is 73.1 Å². The van der Waals surface area contributed by atoms with Gasteiger partial charge in [0.15, 0.2) is 5.96 Å². The molecule has 1 aliphatic heterocycles. The van der Waals surface area contributed by atoms with Gasteiger partial charge in [-0.25, -0.2) is 9.98 Å². The largest absolute Gasteiger partial charge is 0.357 e. The number of aromatic nitrogens is 1. The Morgan fingerprint density at radius 2 is 1.81 bits per heavy atom. The molecule has 1 aromatic heterocycles. The third-order valence-electron chi connectivity index (χ3n) is 4.82. The molecule has 0 radical (unpaired) electrons. The summed E-state index contributed by atoms with van der Waals surface area (Å²) in [5.41, 5.74) is 1.10. The van der Waals surface area contributed by atoms with E-state index in [1.807, 2.05) is 0 Å². The van der Waals surface area contributed by atoms with Gasteiger partial charge in [0.25, 0.3) is 0 Å². The first kappa shape index (κ1) is 24.6. The molecule has 2 heterocycles. The summed E-state index contributed by atoms with van der Waals surface area (Å²) in [6.45, 7) is 20.4. The minimum atomic E-state index is 0. The van der Waals surface area contributed by atoms with E-state index in [0.717, 1.165) is 36.3 Å². The van der Waals surface area contributed by atoms with Crippen LogP contribution in [0.3, 0.4) is 0 Å². The molecule has 0 aromatic carbocycles. The highest BCUT2D eigenvalue weighted by molar-refractivity contribution is 14.0. The third kappa shape index (κ3) is 8.62. The number of halogens is 1. The quantitative estimate of drug-likeness (QED) is 0.322. The standard InChI is InChI=1S/C19H36N6S.HI/c1-6-20-19(22-13-18-16(4)23-17(5)26-18)21-12-15(3)14-25-10-8-24(7-2)9-11-25;/h15H,6-14H2,1-5H3,(H2,20,21,22);1H. The summed E-state index contributed by atoms with van der Waals surface area (Å²) < 4.78 is 0. The van der Waals surface area contributed by atoms with Crippen molar-refractivity contribution in [2.75, 3.05) is 52.4 Å². The van der Waals surface area contributed by atoms with E-state index >= 15 is 0 Å². The number of guanidine groups is 1. The van der Waals surface area contributed by atoms with Gasteiger partial charge in [-0.2, -0.15) is 0 Å². The first-order valence-corrected chi connectivity index (χ1v) is 10.7. The molecule has 0 bridgehead atoms. The van der Waals surface area contributed by atoms with Crippen molar-refractivity contribution in [3.63, 3.8) is 0 Å². The van der Waals surface area contributed by atoms with Crippen molar-refractivity contribution in [1.82, 2.24) is 25.4 Å². The number of aliphatic imine (C=N–C) groups is 1. The van der Waals surface area contributed by atoms with Gasteiger partial charge in [0.2, 0.25) is 0 Å². The molecular weight excluding hydrogens is 471 g/mol. The number of hydrogen-bond donors (Lipinski definition) is 2. The van der Waals surface area contributed by atoms with Crippen LogP contribution in [0.1, 0.15) is 36.3 Å². The normalized spacial score (nSPS) is 17.4. The average molecular weight is 509 g/mol. The molecule has 0 spiro atoms. The van der Waals surface area contributed by atoms with Crippen LogP contribution in [0, 0.1) is 19.8 Å². The fraction of sp³-hybridized carbons (Fsp3) is 0.789. The lowest BCUT2D eigenvalue weighted by atomic mass is 10.1. The molecule has 156 valence electrons. The van der Waals surface area contributed by atoms with Crippen LogP contribution in [0.15, 0.2) is 4.99 Å². The number of rotatable bonds is 8. The Hall–Kier alpha value is -0.450. The minimum Gasteiger partial charge on any atom is -0.357 e. The Balaban J connectivity index is 0.00000364. The van der Waals surface area contributed by atoms with E-state index in [1.165, 1.54) is 37.6 Å². The van der Waals surface area contributed by atoms with Crippen molar-refractivity contribution >= 4 is 41.3 Å². The lowest BCUT2D eigenvalue weighted by Crippen LogP contribution is -2.48. The number of aryl methyl sites for hydroxylation is 2. The predicted molar refractivity (Wildman–Crippen MR) is 128 cm³/mol. The molecule has 1 saturated heterocycles. The van der Waals surface area contributed by atoms with Crippen LogP contribution in [0.25, 0.3) is 0 Å². The lowest BCUT2D eigenvalue weighted by Gasteiger charge is -2.35. The number of piperazine rings is 1. The maximum Gasteiger partial charge on any atom is 0.191 e. The van der Waals surface area contributed by atoms with Crippen molar-refractivity contribution < 1.29 is 0 Å². The van der Waals surface area contributed by atoms with Gasteiger partial charge in [-0.15, -0.1) is 35.3 Å². The fourth-order valence-electron chi connectivity index (χ4n) is 3.28. The molecular formula is C19H37IN6S. The summed E-state index contributed by atoms with van der Waals surface area (Å²) in [4.78, 5) is 15.6. The first-order chi connectivity index (χ1) is 12.5. The number of nitrogens with zero attached hydrogens (tertiary/aromatic N) is 4. The Labute approximate surface area is 186 Å². The van der Waals surface area contributed by atoms with Gasteiger partial charge in [-0.3, -0.25) is 0 Å². The zero-order valence-corrected chi connectivity index (χ0v) is 20.7. The highest BCUT2D eigenvalue weighted by atomic mass is 127. The monoisotopic (exact) mass is 508 g/mol. The maximum atomic E-state index is 4.74. The van der Waals surface area contributed by atoms with Crippen LogP contribution in [0.5, 0.6) is 0 Å². The molecule has 6 nitrogen and oxygen atoms in total. The van der Waals surface area contributed by atoms with E-state index in [4.69, 9.17) is 4.99 Å². The van der Waals surface area contributed by atoms with E-state index in [2.05, 4.69) is 60.0 Å². The zero-order valence-electron chi connectivity index (χ0n) is 17.5. The molecule has 1 unspecified atom stereocenters. The Kier molecular flexibility index (Phi) is 11.7. The number of thiazole rings is 1. The molecule has 27 heavy (non-hydrogen) atoms. The molecule has 0 saturated carbocycles. The van der Waals surface area contributed by atoms with E-state index in [-0.39, 0.29) is 24.0 Å². The van der Waals surface area contributed by atoms with E-state index in [1.54, 1.807) is 11.3 Å². The van der Waals surface area contributed by atoms with Crippen molar-refractivity contribution in [1.29, 1.82) is 0 Å². The van der Waals surface area contributed by atoms with Gasteiger partial charge in [-0.05, 0) is 33.2 Å². The second kappa shape index (κ2) is 12.9. The van der Waals surface area contributed by atoms with Crippen LogP contribution >= 0.6 is 35.3 Å². The van der Waals surface area contributed by atoms with Gasteiger partial charge in [0.05, 0.1) is 17.2 Å². The predicted octanol–water partition coefficient (Wildman–Crippen LogP) is 2.71. The summed E-state index contributed by atoms with van der Waals surface area (Å²) in [5.74, 6) is 1.50. The van der Waals surface area contributed by atoms with Crippen molar-refractivity contribution in [3.05, 3.63) is 15.6 Å². The van der Waals surface area contributed by atoms with Crippen LogP contribution in [0.4, 0.5) is 0 Å². The smallest absolute Gasteiger partial charge is 0.191 e. The van der Waals surface area contributed by atoms with E-state index < -0.39 is 0 Å². The lowest BCUT2D eigenvalue weighted by molar-refractivity contribution is 0.124. The highest BCUT2D eigenvalue weighted by Gasteiger charge is 2.17. The van der Waals surface area contributed by atoms with Gasteiger partial charge < -0.3 is 20.4 Å². The Morgan fingerprint density at radius 3 is 2.37 bits per heavy atom. The van der Waals surface area contributed by atoms with Crippen LogP contribution < -0.4 is 10.6 Å². The van der Waals surface area contributed by atoms with Gasteiger partial charge in [-0.1, -0.05) is 13.8 Å². The minimum absolute atomic E-state index is 0. The summed E-state index contributed by atoms with van der Waals surface area (Å²) >= 11 is 1.74. The molecule has 0 amide bonds. The van der Waals surface area contributed by atoms with Crippen LogP contribution in [0.2, 0.25) is 0 Å². The molecule has 2 rings (SSSR count). The van der Waals surface area contributed by atoms with E-state index in [0.29, 0.717) is 12.5 Å². The molecule has 1 aliphatic rings. The Morgan fingerprint density at radius 1 is 1.15 bits per heavy atom. The summed E-state index contributed by atoms with van der Waals surface area (Å²) in [7, 11) is 0. The molecule has 1 aromatic rings. The third-order valence-corrected chi connectivity index (χ3v) is 5.88. The zero-order chi connectivity index (χ0) is 18.9. The van der Waals surface area contributed by atoms with Gasteiger partial charge in [0.1, 0.15) is 0 Å². The average Bonchev–Trinajstić information content (AvgIpc) is 2.95. The molecule has 1 fully saturated rings. The molecule has 1 atom stereocenters. The first-order valence-electron chi connectivity index (χ1n) is 9.91. The second-order valence-electron chi connectivity index (χ2n) is 7.16. The highest BCUT2D eigenvalue weighted by Crippen LogP contribution is 2.17.